The van der Waals surface area contributed by atoms with E-state index in [-0.39, 0.29) is 5.03 Å². The Labute approximate surface area is 139 Å². The molecule has 3 aromatic rings. The highest BCUT2D eigenvalue weighted by molar-refractivity contribution is 7.89. The van der Waals surface area contributed by atoms with Gasteiger partial charge in [0.1, 0.15) is 6.61 Å². The summed E-state index contributed by atoms with van der Waals surface area (Å²) in [7, 11) is -3.84. The van der Waals surface area contributed by atoms with Crippen LogP contribution in [-0.2, 0) is 23.2 Å². The van der Waals surface area contributed by atoms with E-state index in [1.807, 2.05) is 36.4 Å². The molecule has 0 bridgehead atoms. The summed E-state index contributed by atoms with van der Waals surface area (Å²) in [5.74, 6) is 0.506. The molecule has 0 atom stereocenters. The van der Waals surface area contributed by atoms with Gasteiger partial charge in [0.2, 0.25) is 10.9 Å². The molecule has 8 nitrogen and oxygen atoms in total. The summed E-state index contributed by atoms with van der Waals surface area (Å²) in [4.78, 5) is 4.22. The molecule has 0 spiro atoms. The Hall–Kier alpha value is -2.78. The highest BCUT2D eigenvalue weighted by Gasteiger charge is 2.12. The fourth-order valence-electron chi connectivity index (χ4n) is 2.00. The number of sulfonamides is 1. The van der Waals surface area contributed by atoms with Crippen molar-refractivity contribution in [2.24, 2.45) is 5.14 Å². The van der Waals surface area contributed by atoms with E-state index < -0.39 is 10.0 Å². The molecule has 0 unspecified atom stereocenters. The molecular formula is C15H15N5O3S. The zero-order valence-electron chi connectivity index (χ0n) is 12.6. The van der Waals surface area contributed by atoms with Crippen molar-refractivity contribution in [3.05, 3.63) is 66.0 Å². The number of aromatic nitrogens is 4. The highest BCUT2D eigenvalue weighted by atomic mass is 32.2. The summed E-state index contributed by atoms with van der Waals surface area (Å²) in [6, 6.07) is 13.4. The van der Waals surface area contributed by atoms with E-state index in [9.17, 15) is 8.42 Å². The first kappa shape index (κ1) is 16.1. The van der Waals surface area contributed by atoms with Crippen molar-refractivity contribution in [2.75, 3.05) is 0 Å². The van der Waals surface area contributed by atoms with Crippen molar-refractivity contribution in [3.8, 4) is 5.88 Å². The fourth-order valence-corrected chi connectivity index (χ4v) is 2.42. The second-order valence-electron chi connectivity index (χ2n) is 5.08. The van der Waals surface area contributed by atoms with Crippen LogP contribution in [0.25, 0.3) is 0 Å². The zero-order valence-corrected chi connectivity index (χ0v) is 13.4. The smallest absolute Gasteiger partial charge is 0.259 e. The van der Waals surface area contributed by atoms with E-state index in [1.165, 1.54) is 10.9 Å². The van der Waals surface area contributed by atoms with E-state index in [4.69, 9.17) is 9.88 Å². The molecule has 9 heteroatoms. The number of hydrogen-bond donors (Lipinski definition) is 1. The van der Waals surface area contributed by atoms with Gasteiger partial charge in [-0.05, 0) is 11.1 Å². The molecule has 2 aromatic heterocycles. The molecule has 24 heavy (non-hydrogen) atoms. The Morgan fingerprint density at radius 3 is 2.50 bits per heavy atom. The summed E-state index contributed by atoms with van der Waals surface area (Å²) >= 11 is 0. The fraction of sp³-hybridized carbons (Fsp3) is 0.133. The lowest BCUT2D eigenvalue weighted by molar-refractivity contribution is 0.293. The maximum atomic E-state index is 11.2. The van der Waals surface area contributed by atoms with Gasteiger partial charge in [-0.2, -0.15) is 0 Å². The van der Waals surface area contributed by atoms with Crippen LogP contribution >= 0.6 is 0 Å². The first-order chi connectivity index (χ1) is 11.5. The summed E-state index contributed by atoms with van der Waals surface area (Å²) in [5, 5.41) is 12.0. The van der Waals surface area contributed by atoms with Crippen molar-refractivity contribution in [1.82, 2.24) is 20.0 Å². The first-order valence-electron chi connectivity index (χ1n) is 7.05. The second kappa shape index (κ2) is 6.77. The average molecular weight is 345 g/mol. The molecule has 124 valence electrons. The van der Waals surface area contributed by atoms with E-state index >= 15 is 0 Å². The molecule has 0 saturated heterocycles. The number of benzene rings is 1. The van der Waals surface area contributed by atoms with Crippen LogP contribution in [0, 0.1) is 0 Å². The molecule has 2 heterocycles. The van der Waals surface area contributed by atoms with Gasteiger partial charge in [-0.3, -0.25) is 0 Å². The van der Waals surface area contributed by atoms with Crippen LogP contribution < -0.4 is 9.88 Å². The third-order valence-electron chi connectivity index (χ3n) is 3.18. The van der Waals surface area contributed by atoms with Crippen LogP contribution in [-0.4, -0.2) is 28.4 Å². The number of nitrogens with two attached hydrogens (primary N) is 1. The SMILES string of the molecule is NS(=O)(=O)c1cn(Cc2ccc(OCc3ccccc3)nc2)nn1. The maximum Gasteiger partial charge on any atom is 0.259 e. The van der Waals surface area contributed by atoms with Crippen molar-refractivity contribution >= 4 is 10.0 Å². The predicted octanol–water partition coefficient (Wildman–Crippen LogP) is 0.948. The van der Waals surface area contributed by atoms with Crippen LogP contribution in [0.3, 0.4) is 0 Å². The minimum Gasteiger partial charge on any atom is -0.473 e. The zero-order chi connectivity index (χ0) is 17.0. The van der Waals surface area contributed by atoms with Gasteiger partial charge in [-0.1, -0.05) is 41.6 Å². The largest absolute Gasteiger partial charge is 0.473 e. The number of rotatable bonds is 6. The lowest BCUT2D eigenvalue weighted by Gasteiger charge is -2.06. The summed E-state index contributed by atoms with van der Waals surface area (Å²) in [5.41, 5.74) is 1.88. The van der Waals surface area contributed by atoms with E-state index in [2.05, 4.69) is 15.3 Å². The van der Waals surface area contributed by atoms with Crippen LogP contribution in [0.2, 0.25) is 0 Å². The van der Waals surface area contributed by atoms with Gasteiger partial charge in [0.15, 0.2) is 0 Å². The van der Waals surface area contributed by atoms with Crippen molar-refractivity contribution in [1.29, 1.82) is 0 Å². The van der Waals surface area contributed by atoms with E-state index in [0.29, 0.717) is 19.0 Å². The van der Waals surface area contributed by atoms with Gasteiger partial charge in [0, 0.05) is 12.3 Å². The van der Waals surface area contributed by atoms with E-state index in [1.54, 1.807) is 12.3 Å². The van der Waals surface area contributed by atoms with Gasteiger partial charge < -0.3 is 4.74 Å². The lowest BCUT2D eigenvalue weighted by atomic mass is 10.2. The molecule has 2 N–H and O–H groups in total. The number of hydrogen-bond acceptors (Lipinski definition) is 6. The molecule has 1 aromatic carbocycles. The molecule has 0 radical (unpaired) electrons. The topological polar surface area (TPSA) is 113 Å². The van der Waals surface area contributed by atoms with Crippen LogP contribution in [0.1, 0.15) is 11.1 Å². The Bertz CT molecular complexity index is 908. The average Bonchev–Trinajstić information content (AvgIpc) is 3.04. The van der Waals surface area contributed by atoms with E-state index in [0.717, 1.165) is 11.1 Å². The Kier molecular flexibility index (Phi) is 4.54. The number of pyridine rings is 1. The minimum absolute atomic E-state index is 0.265. The van der Waals surface area contributed by atoms with Gasteiger partial charge in [0.25, 0.3) is 10.0 Å². The van der Waals surface area contributed by atoms with Gasteiger partial charge >= 0.3 is 0 Å². The molecule has 0 saturated carbocycles. The van der Waals surface area contributed by atoms with Crippen LogP contribution in [0.4, 0.5) is 0 Å². The molecule has 0 aliphatic carbocycles. The second-order valence-corrected chi connectivity index (χ2v) is 6.59. The minimum atomic E-state index is -3.84. The predicted molar refractivity (Wildman–Crippen MR) is 85.5 cm³/mol. The first-order valence-corrected chi connectivity index (χ1v) is 8.60. The monoisotopic (exact) mass is 345 g/mol. The van der Waals surface area contributed by atoms with Crippen LogP contribution in [0.15, 0.2) is 59.9 Å². The molecule has 0 amide bonds. The van der Waals surface area contributed by atoms with Crippen LogP contribution in [0.5, 0.6) is 5.88 Å². The lowest BCUT2D eigenvalue weighted by Crippen LogP contribution is -2.12. The van der Waals surface area contributed by atoms with Crippen molar-refractivity contribution in [2.45, 2.75) is 18.2 Å². The molecule has 3 rings (SSSR count). The molecule has 0 aliphatic rings. The van der Waals surface area contributed by atoms with Gasteiger partial charge in [-0.25, -0.2) is 23.2 Å². The standard InChI is InChI=1S/C15H15N5O3S/c16-24(21,22)15-10-20(19-18-15)9-13-6-7-14(17-8-13)23-11-12-4-2-1-3-5-12/h1-8,10H,9,11H2,(H2,16,21,22). The Morgan fingerprint density at radius 2 is 1.88 bits per heavy atom. The number of primary sulfonamides is 1. The summed E-state index contributed by atoms with van der Waals surface area (Å²) < 4.78 is 29.3. The number of nitrogens with zero attached hydrogens (tertiary/aromatic N) is 4. The molecular weight excluding hydrogens is 330 g/mol. The Morgan fingerprint density at radius 1 is 1.08 bits per heavy atom. The maximum absolute atomic E-state index is 11.2. The van der Waals surface area contributed by atoms with Gasteiger partial charge in [-0.15, -0.1) is 5.10 Å². The highest BCUT2D eigenvalue weighted by Crippen LogP contribution is 2.11. The molecule has 0 aliphatic heterocycles. The normalized spacial score (nSPS) is 11.4. The van der Waals surface area contributed by atoms with Crippen molar-refractivity contribution < 1.29 is 13.2 Å². The van der Waals surface area contributed by atoms with Gasteiger partial charge in [0.05, 0.1) is 12.7 Å². The summed E-state index contributed by atoms with van der Waals surface area (Å²) in [6.45, 7) is 0.766. The summed E-state index contributed by atoms with van der Waals surface area (Å²) in [6.07, 6.45) is 2.91. The quantitative estimate of drug-likeness (QED) is 0.711. The van der Waals surface area contributed by atoms with Crippen molar-refractivity contribution in [3.63, 3.8) is 0 Å². The Balaban J connectivity index is 1.61. The molecule has 0 fully saturated rings. The number of ether oxygens (including phenoxy) is 1. The third kappa shape index (κ3) is 4.15. The third-order valence-corrected chi connectivity index (χ3v) is 3.95.